The van der Waals surface area contributed by atoms with Crippen molar-refractivity contribution >= 4 is 0 Å². The van der Waals surface area contributed by atoms with Gasteiger partial charge in [-0.1, -0.05) is 0 Å². The fourth-order valence-corrected chi connectivity index (χ4v) is 0.888. The second-order valence-corrected chi connectivity index (χ2v) is 3.07. The van der Waals surface area contributed by atoms with E-state index in [1.54, 1.807) is 7.11 Å². The van der Waals surface area contributed by atoms with Gasteiger partial charge in [0.1, 0.15) is 0 Å². The Hall–Kier alpha value is -0.330. The van der Waals surface area contributed by atoms with Crippen LogP contribution in [0.2, 0.25) is 0 Å². The maximum atomic E-state index is 11.7. The van der Waals surface area contributed by atoms with Crippen LogP contribution in [0.4, 0.5) is 13.2 Å². The molecule has 1 N–H and O–H groups in total. The van der Waals surface area contributed by atoms with Crippen molar-refractivity contribution in [2.24, 2.45) is 0 Å². The van der Waals surface area contributed by atoms with Crippen molar-refractivity contribution in [2.45, 2.75) is 19.0 Å². The molecule has 0 aliphatic carbocycles. The zero-order valence-corrected chi connectivity index (χ0v) is 8.90. The summed E-state index contributed by atoms with van der Waals surface area (Å²) in [6.07, 6.45) is -4.28. The van der Waals surface area contributed by atoms with E-state index in [1.165, 1.54) is 0 Å². The molecule has 3 nitrogen and oxygen atoms in total. The predicted molar refractivity (Wildman–Crippen MR) is 50.9 cm³/mol. The minimum atomic E-state index is -4.11. The largest absolute Gasteiger partial charge is 0.391 e. The van der Waals surface area contributed by atoms with Crippen molar-refractivity contribution in [3.63, 3.8) is 0 Å². The summed E-state index contributed by atoms with van der Waals surface area (Å²) in [7, 11) is 1.61. The molecule has 0 fully saturated rings. The Kier molecular flexibility index (Phi) is 8.74. The van der Waals surface area contributed by atoms with Crippen molar-refractivity contribution in [3.8, 4) is 0 Å². The Labute approximate surface area is 87.9 Å². The summed E-state index contributed by atoms with van der Waals surface area (Å²) in [5.74, 6) is 0. The van der Waals surface area contributed by atoms with Crippen LogP contribution in [0.1, 0.15) is 12.8 Å². The molecule has 0 saturated heterocycles. The third kappa shape index (κ3) is 13.7. The van der Waals surface area contributed by atoms with Crippen molar-refractivity contribution < 1.29 is 22.6 Å². The minimum Gasteiger partial charge on any atom is -0.383 e. The van der Waals surface area contributed by atoms with Crippen LogP contribution in [0.5, 0.6) is 0 Å². The zero-order valence-electron chi connectivity index (χ0n) is 8.90. The monoisotopic (exact) mass is 229 g/mol. The maximum absolute atomic E-state index is 11.7. The van der Waals surface area contributed by atoms with Gasteiger partial charge in [-0.2, -0.15) is 13.2 Å². The van der Waals surface area contributed by atoms with E-state index in [1.807, 2.05) is 0 Å². The highest BCUT2D eigenvalue weighted by Gasteiger charge is 2.26. The summed E-state index contributed by atoms with van der Waals surface area (Å²) in [6, 6.07) is 0. The van der Waals surface area contributed by atoms with Gasteiger partial charge in [-0.05, 0) is 13.0 Å². The quantitative estimate of drug-likeness (QED) is 0.609. The summed E-state index contributed by atoms with van der Waals surface area (Å²) < 4.78 is 44.6. The van der Waals surface area contributed by atoms with Gasteiger partial charge < -0.3 is 14.8 Å². The minimum absolute atomic E-state index is 0.248. The molecule has 0 aromatic carbocycles. The molecule has 0 atom stereocenters. The van der Waals surface area contributed by atoms with Crippen molar-refractivity contribution in [1.29, 1.82) is 0 Å². The number of hydrogen-bond donors (Lipinski definition) is 1. The highest BCUT2D eigenvalue weighted by Crippen LogP contribution is 2.18. The zero-order chi connectivity index (χ0) is 11.6. The fraction of sp³-hybridized carbons (Fsp3) is 1.00. The summed E-state index contributed by atoms with van der Waals surface area (Å²) in [5, 5.41) is 3.07. The SMILES string of the molecule is COCCNCCCOCCC(F)(F)F. The van der Waals surface area contributed by atoms with Crippen LogP contribution in [0, 0.1) is 0 Å². The first-order chi connectivity index (χ1) is 7.06. The van der Waals surface area contributed by atoms with Gasteiger partial charge in [0, 0.05) is 20.3 Å². The Balaban J connectivity index is 2.99. The number of rotatable bonds is 9. The molecular formula is C9H18F3NO2. The lowest BCUT2D eigenvalue weighted by Crippen LogP contribution is -2.21. The first-order valence-corrected chi connectivity index (χ1v) is 4.90. The van der Waals surface area contributed by atoms with Gasteiger partial charge in [0.15, 0.2) is 0 Å². The lowest BCUT2D eigenvalue weighted by Gasteiger charge is -2.07. The molecule has 92 valence electrons. The second kappa shape index (κ2) is 8.94. The van der Waals surface area contributed by atoms with Crippen molar-refractivity contribution in [1.82, 2.24) is 5.32 Å². The van der Waals surface area contributed by atoms with Gasteiger partial charge in [-0.15, -0.1) is 0 Å². The van der Waals surface area contributed by atoms with Crippen LogP contribution < -0.4 is 5.32 Å². The first-order valence-electron chi connectivity index (χ1n) is 4.90. The Morgan fingerprint density at radius 2 is 1.80 bits per heavy atom. The normalized spacial score (nSPS) is 12.0. The lowest BCUT2D eigenvalue weighted by molar-refractivity contribution is -0.145. The molecular weight excluding hydrogens is 211 g/mol. The molecule has 0 spiro atoms. The summed E-state index contributed by atoms with van der Waals surface area (Å²) in [4.78, 5) is 0. The topological polar surface area (TPSA) is 30.5 Å². The molecule has 0 saturated carbocycles. The molecule has 0 unspecified atom stereocenters. The standard InChI is InChI=1S/C9H18F3NO2/c1-14-8-5-13-4-2-6-15-7-3-9(10,11)12/h13H,2-8H2,1H3. The van der Waals surface area contributed by atoms with E-state index in [-0.39, 0.29) is 6.61 Å². The average Bonchev–Trinajstić information content (AvgIpc) is 2.14. The highest BCUT2D eigenvalue weighted by atomic mass is 19.4. The van der Waals surface area contributed by atoms with Crippen molar-refractivity contribution in [2.75, 3.05) is 40.0 Å². The Morgan fingerprint density at radius 1 is 1.07 bits per heavy atom. The molecule has 0 amide bonds. The predicted octanol–water partition coefficient (Wildman–Crippen LogP) is 1.58. The number of alkyl halides is 3. The summed E-state index contributed by atoms with van der Waals surface area (Å²) >= 11 is 0. The summed E-state index contributed by atoms with van der Waals surface area (Å²) in [6.45, 7) is 2.22. The van der Waals surface area contributed by atoms with Gasteiger partial charge in [-0.3, -0.25) is 0 Å². The smallest absolute Gasteiger partial charge is 0.383 e. The molecule has 6 heteroatoms. The van der Waals surface area contributed by atoms with Gasteiger partial charge in [0.05, 0.1) is 19.6 Å². The van der Waals surface area contributed by atoms with E-state index >= 15 is 0 Å². The van der Waals surface area contributed by atoms with E-state index < -0.39 is 12.6 Å². The van der Waals surface area contributed by atoms with Crippen LogP contribution in [0.15, 0.2) is 0 Å². The van der Waals surface area contributed by atoms with E-state index in [4.69, 9.17) is 9.47 Å². The second-order valence-electron chi connectivity index (χ2n) is 3.07. The number of halogens is 3. The third-order valence-corrected chi connectivity index (χ3v) is 1.66. The summed E-state index contributed by atoms with van der Waals surface area (Å²) in [5.41, 5.74) is 0. The van der Waals surface area contributed by atoms with Gasteiger partial charge in [0.25, 0.3) is 0 Å². The lowest BCUT2D eigenvalue weighted by atomic mass is 10.4. The van der Waals surface area contributed by atoms with Gasteiger partial charge >= 0.3 is 6.18 Å². The number of nitrogens with one attached hydrogen (secondary N) is 1. The number of hydrogen-bond acceptors (Lipinski definition) is 3. The van der Waals surface area contributed by atoms with Gasteiger partial charge in [-0.25, -0.2) is 0 Å². The molecule has 0 bridgehead atoms. The molecule has 0 rings (SSSR count). The maximum Gasteiger partial charge on any atom is 0.391 e. The van der Waals surface area contributed by atoms with E-state index in [0.717, 1.165) is 13.1 Å². The van der Waals surface area contributed by atoms with Crippen LogP contribution >= 0.6 is 0 Å². The molecule has 0 aromatic rings. The van der Waals surface area contributed by atoms with Crippen LogP contribution in [-0.4, -0.2) is 46.2 Å². The highest BCUT2D eigenvalue weighted by molar-refractivity contribution is 4.49. The fourth-order valence-electron chi connectivity index (χ4n) is 0.888. The Bertz CT molecular complexity index is 142. The molecule has 0 aliphatic rings. The number of methoxy groups -OCH3 is 1. The van der Waals surface area contributed by atoms with E-state index in [2.05, 4.69) is 5.32 Å². The first kappa shape index (κ1) is 14.7. The third-order valence-electron chi connectivity index (χ3n) is 1.66. The molecule has 0 heterocycles. The van der Waals surface area contributed by atoms with Crippen LogP contribution in [0.3, 0.4) is 0 Å². The van der Waals surface area contributed by atoms with E-state index in [9.17, 15) is 13.2 Å². The van der Waals surface area contributed by atoms with E-state index in [0.29, 0.717) is 19.6 Å². The average molecular weight is 229 g/mol. The molecule has 0 radical (unpaired) electrons. The van der Waals surface area contributed by atoms with Crippen molar-refractivity contribution in [3.05, 3.63) is 0 Å². The molecule has 15 heavy (non-hydrogen) atoms. The van der Waals surface area contributed by atoms with Crippen LogP contribution in [-0.2, 0) is 9.47 Å². The molecule has 0 aromatic heterocycles. The number of ether oxygens (including phenoxy) is 2. The Morgan fingerprint density at radius 3 is 2.40 bits per heavy atom. The van der Waals surface area contributed by atoms with Gasteiger partial charge in [0.2, 0.25) is 0 Å². The molecule has 0 aliphatic heterocycles. The van der Waals surface area contributed by atoms with Crippen LogP contribution in [0.25, 0.3) is 0 Å².